The molecule has 2 aromatic carbocycles. The van der Waals surface area contributed by atoms with Crippen molar-refractivity contribution in [3.05, 3.63) is 69.8 Å². The van der Waals surface area contributed by atoms with E-state index in [-0.39, 0.29) is 17.7 Å². The fraction of sp³-hybridized carbons (Fsp3) is 0.263. The molecule has 0 aliphatic heterocycles. The average molecular weight is 356 g/mol. The fourth-order valence-electron chi connectivity index (χ4n) is 2.34. The van der Waals surface area contributed by atoms with E-state index in [1.807, 2.05) is 12.1 Å². The Morgan fingerprint density at radius 2 is 1.77 bits per heavy atom. The summed E-state index contributed by atoms with van der Waals surface area (Å²) in [7, 11) is 0. The number of hydrogen-bond donors (Lipinski definition) is 1. The minimum atomic E-state index is -0.704. The Labute approximate surface area is 151 Å². The number of ether oxygens (including phenoxy) is 1. The van der Waals surface area contributed by atoms with Gasteiger partial charge in [-0.15, -0.1) is 0 Å². The molecular formula is C19H20N2O5. The first-order valence-electron chi connectivity index (χ1n) is 8.14. The second-order valence-electron chi connectivity index (χ2n) is 6.05. The summed E-state index contributed by atoms with van der Waals surface area (Å²) in [5.41, 5.74) is 1.85. The Morgan fingerprint density at radius 1 is 1.12 bits per heavy atom. The number of nitrogens with one attached hydrogen (secondary N) is 1. The van der Waals surface area contributed by atoms with Crippen molar-refractivity contribution < 1.29 is 19.2 Å². The highest BCUT2D eigenvalue weighted by atomic mass is 16.6. The molecule has 0 atom stereocenters. The summed E-state index contributed by atoms with van der Waals surface area (Å²) in [5, 5.41) is 13.6. The Kier molecular flexibility index (Phi) is 6.43. The third-order valence-corrected chi connectivity index (χ3v) is 3.75. The van der Waals surface area contributed by atoms with Crippen LogP contribution in [-0.4, -0.2) is 23.4 Å². The maximum atomic E-state index is 11.9. The Morgan fingerprint density at radius 3 is 2.38 bits per heavy atom. The molecule has 0 aromatic heterocycles. The zero-order valence-corrected chi connectivity index (χ0v) is 14.6. The first-order chi connectivity index (χ1) is 12.4. The van der Waals surface area contributed by atoms with Gasteiger partial charge in [0.25, 0.3) is 11.6 Å². The molecule has 0 unspecified atom stereocenters. The lowest BCUT2D eigenvalue weighted by Crippen LogP contribution is -2.21. The smallest absolute Gasteiger partial charge is 0.311 e. The summed E-state index contributed by atoms with van der Waals surface area (Å²) in [6.07, 6.45) is -0.270. The summed E-state index contributed by atoms with van der Waals surface area (Å²) in [4.78, 5) is 34.1. The highest BCUT2D eigenvalue weighted by Gasteiger charge is 2.17. The summed E-state index contributed by atoms with van der Waals surface area (Å²) >= 11 is 0. The topological polar surface area (TPSA) is 98.5 Å². The van der Waals surface area contributed by atoms with Crippen molar-refractivity contribution in [1.82, 2.24) is 0 Å². The van der Waals surface area contributed by atoms with E-state index in [2.05, 4.69) is 19.2 Å². The molecule has 26 heavy (non-hydrogen) atoms. The van der Waals surface area contributed by atoms with Crippen molar-refractivity contribution in [3.8, 4) is 0 Å². The first kappa shape index (κ1) is 19.1. The Hall–Kier alpha value is -3.22. The second kappa shape index (κ2) is 8.75. The van der Waals surface area contributed by atoms with Gasteiger partial charge in [0.05, 0.1) is 11.3 Å². The van der Waals surface area contributed by atoms with Crippen molar-refractivity contribution in [2.24, 2.45) is 0 Å². The molecule has 136 valence electrons. The van der Waals surface area contributed by atoms with Gasteiger partial charge in [-0.3, -0.25) is 19.7 Å². The molecule has 7 nitrogen and oxygen atoms in total. The van der Waals surface area contributed by atoms with Gasteiger partial charge in [-0.05, 0) is 23.6 Å². The lowest BCUT2D eigenvalue weighted by atomic mass is 10.0. The second-order valence-corrected chi connectivity index (χ2v) is 6.05. The molecule has 0 bridgehead atoms. The lowest BCUT2D eigenvalue weighted by Gasteiger charge is -2.09. The van der Waals surface area contributed by atoms with E-state index in [9.17, 15) is 19.7 Å². The van der Waals surface area contributed by atoms with Crippen molar-refractivity contribution >= 4 is 23.3 Å². The van der Waals surface area contributed by atoms with E-state index in [1.165, 1.54) is 18.2 Å². The lowest BCUT2D eigenvalue weighted by molar-refractivity contribution is -0.385. The number of carbonyl (C=O) groups is 2. The van der Waals surface area contributed by atoms with Crippen LogP contribution in [0.2, 0.25) is 0 Å². The zero-order valence-electron chi connectivity index (χ0n) is 14.6. The molecular weight excluding hydrogens is 336 g/mol. The van der Waals surface area contributed by atoms with E-state index >= 15 is 0 Å². The molecule has 2 aromatic rings. The molecule has 1 N–H and O–H groups in total. The molecule has 7 heteroatoms. The number of carbonyl (C=O) groups excluding carboxylic acids is 2. The number of hydrogen-bond acceptors (Lipinski definition) is 5. The zero-order chi connectivity index (χ0) is 19.1. The quantitative estimate of drug-likeness (QED) is 0.465. The van der Waals surface area contributed by atoms with Crippen LogP contribution in [0.1, 0.15) is 30.9 Å². The molecule has 1 amide bonds. The number of nitrogens with zero attached hydrogens (tertiary/aromatic N) is 1. The van der Waals surface area contributed by atoms with Gasteiger partial charge >= 0.3 is 5.97 Å². The minimum Gasteiger partial charge on any atom is -0.455 e. The Bertz CT molecular complexity index is 800. The molecule has 2 rings (SSSR count). The number of benzene rings is 2. The number of nitro benzene ring substituents is 1. The van der Waals surface area contributed by atoms with Gasteiger partial charge in [0.2, 0.25) is 0 Å². The number of rotatable bonds is 7. The summed E-state index contributed by atoms with van der Waals surface area (Å²) < 4.78 is 4.90. The third-order valence-electron chi connectivity index (χ3n) is 3.75. The van der Waals surface area contributed by atoms with Crippen LogP contribution < -0.4 is 5.32 Å². The molecule has 0 aliphatic rings. The fourth-order valence-corrected chi connectivity index (χ4v) is 2.34. The van der Waals surface area contributed by atoms with Crippen LogP contribution in [0, 0.1) is 10.1 Å². The standard InChI is InChI=1S/C19H20N2O5/c1-13(2)14-7-9-16(10-8-14)20-18(22)12-26-19(23)11-15-5-3-4-6-17(15)21(24)25/h3-10,13H,11-12H2,1-2H3,(H,20,22). The van der Waals surface area contributed by atoms with Crippen LogP contribution in [0.4, 0.5) is 11.4 Å². The minimum absolute atomic E-state index is 0.154. The van der Waals surface area contributed by atoms with Gasteiger partial charge in [-0.1, -0.05) is 44.2 Å². The molecule has 0 aliphatic carbocycles. The molecule has 0 saturated carbocycles. The number of para-hydroxylation sites is 1. The molecule has 0 heterocycles. The number of nitro groups is 1. The van der Waals surface area contributed by atoms with Crippen LogP contribution in [0.5, 0.6) is 0 Å². The molecule has 0 fully saturated rings. The SMILES string of the molecule is CC(C)c1ccc(NC(=O)COC(=O)Cc2ccccc2[N+](=O)[O-])cc1. The van der Waals surface area contributed by atoms with Gasteiger partial charge in [-0.25, -0.2) is 0 Å². The van der Waals surface area contributed by atoms with E-state index < -0.39 is 23.4 Å². The van der Waals surface area contributed by atoms with Gasteiger partial charge in [0.1, 0.15) is 0 Å². The van der Waals surface area contributed by atoms with Crippen molar-refractivity contribution in [2.45, 2.75) is 26.2 Å². The van der Waals surface area contributed by atoms with Crippen LogP contribution >= 0.6 is 0 Å². The third kappa shape index (κ3) is 5.41. The van der Waals surface area contributed by atoms with Crippen LogP contribution in [-0.2, 0) is 20.7 Å². The largest absolute Gasteiger partial charge is 0.455 e. The highest BCUT2D eigenvalue weighted by molar-refractivity contribution is 5.92. The number of esters is 1. The van der Waals surface area contributed by atoms with Gasteiger partial charge in [-0.2, -0.15) is 0 Å². The highest BCUT2D eigenvalue weighted by Crippen LogP contribution is 2.19. The van der Waals surface area contributed by atoms with Crippen LogP contribution in [0.15, 0.2) is 48.5 Å². The Balaban J connectivity index is 1.85. The number of anilines is 1. The van der Waals surface area contributed by atoms with Crippen molar-refractivity contribution in [3.63, 3.8) is 0 Å². The van der Waals surface area contributed by atoms with Crippen molar-refractivity contribution in [1.29, 1.82) is 0 Å². The molecule has 0 spiro atoms. The van der Waals surface area contributed by atoms with Crippen LogP contribution in [0.3, 0.4) is 0 Å². The molecule has 0 radical (unpaired) electrons. The van der Waals surface area contributed by atoms with Gasteiger partial charge in [0, 0.05) is 17.3 Å². The van der Waals surface area contributed by atoms with Gasteiger partial charge in [0.15, 0.2) is 6.61 Å². The predicted molar refractivity (Wildman–Crippen MR) is 96.9 cm³/mol. The number of amides is 1. The first-order valence-corrected chi connectivity index (χ1v) is 8.14. The average Bonchev–Trinajstić information content (AvgIpc) is 2.60. The molecule has 0 saturated heterocycles. The van der Waals surface area contributed by atoms with E-state index in [0.29, 0.717) is 11.6 Å². The van der Waals surface area contributed by atoms with E-state index in [0.717, 1.165) is 5.56 Å². The monoisotopic (exact) mass is 356 g/mol. The normalized spacial score (nSPS) is 10.4. The summed E-state index contributed by atoms with van der Waals surface area (Å²) in [5.74, 6) is -0.787. The van der Waals surface area contributed by atoms with E-state index in [4.69, 9.17) is 4.74 Å². The summed E-state index contributed by atoms with van der Waals surface area (Å²) in [6.45, 7) is 3.69. The van der Waals surface area contributed by atoms with E-state index in [1.54, 1.807) is 18.2 Å². The van der Waals surface area contributed by atoms with Crippen molar-refractivity contribution in [2.75, 3.05) is 11.9 Å². The van der Waals surface area contributed by atoms with Gasteiger partial charge < -0.3 is 10.1 Å². The maximum absolute atomic E-state index is 11.9. The summed E-state index contributed by atoms with van der Waals surface area (Å²) in [6, 6.07) is 13.3. The predicted octanol–water partition coefficient (Wildman–Crippen LogP) is 3.44. The maximum Gasteiger partial charge on any atom is 0.311 e. The van der Waals surface area contributed by atoms with Crippen LogP contribution in [0.25, 0.3) is 0 Å².